The fourth-order valence-electron chi connectivity index (χ4n) is 2.55. The summed E-state index contributed by atoms with van der Waals surface area (Å²) in [7, 11) is 0. The third-order valence-corrected chi connectivity index (χ3v) is 3.68. The summed E-state index contributed by atoms with van der Waals surface area (Å²) in [5.41, 5.74) is 3.80. The molecule has 0 amide bonds. The van der Waals surface area contributed by atoms with Crippen LogP contribution in [0.25, 0.3) is 33.8 Å². The molecule has 4 nitrogen and oxygen atoms in total. The van der Waals surface area contributed by atoms with E-state index in [-0.39, 0.29) is 5.82 Å². The van der Waals surface area contributed by atoms with Crippen LogP contribution in [0, 0.1) is 5.82 Å². The van der Waals surface area contributed by atoms with Gasteiger partial charge in [-0.1, -0.05) is 23.4 Å². The van der Waals surface area contributed by atoms with Gasteiger partial charge in [0.25, 0.3) is 0 Å². The standard InChI is InChI=1S/C19H12FN3O/c20-15-6-4-13(5-7-15)17-18(14-8-11-21-12-9-14)23-24-19(17)16-3-1-2-10-22-16/h1-12H. The van der Waals surface area contributed by atoms with Gasteiger partial charge in [-0.2, -0.15) is 0 Å². The van der Waals surface area contributed by atoms with Crippen molar-refractivity contribution in [3.63, 3.8) is 0 Å². The highest BCUT2D eigenvalue weighted by atomic mass is 19.1. The molecule has 5 heteroatoms. The highest BCUT2D eigenvalue weighted by Crippen LogP contribution is 2.39. The first kappa shape index (κ1) is 14.3. The molecule has 0 fully saturated rings. The summed E-state index contributed by atoms with van der Waals surface area (Å²) in [6.07, 6.45) is 5.08. The minimum Gasteiger partial charge on any atom is -0.353 e. The lowest BCUT2D eigenvalue weighted by Gasteiger charge is -2.04. The van der Waals surface area contributed by atoms with Crippen molar-refractivity contribution in [1.82, 2.24) is 15.1 Å². The lowest BCUT2D eigenvalue weighted by atomic mass is 9.98. The molecule has 0 bridgehead atoms. The fraction of sp³-hybridized carbons (Fsp3) is 0. The fourth-order valence-corrected chi connectivity index (χ4v) is 2.55. The third-order valence-electron chi connectivity index (χ3n) is 3.68. The molecule has 24 heavy (non-hydrogen) atoms. The van der Waals surface area contributed by atoms with Crippen molar-refractivity contribution in [2.45, 2.75) is 0 Å². The Labute approximate surface area is 137 Å². The third kappa shape index (κ3) is 2.56. The monoisotopic (exact) mass is 317 g/mol. The van der Waals surface area contributed by atoms with Gasteiger partial charge in [0, 0.05) is 24.2 Å². The number of pyridine rings is 2. The maximum atomic E-state index is 13.3. The summed E-state index contributed by atoms with van der Waals surface area (Å²) in [5.74, 6) is 0.258. The minimum absolute atomic E-state index is 0.292. The van der Waals surface area contributed by atoms with E-state index in [4.69, 9.17) is 4.52 Å². The SMILES string of the molecule is Fc1ccc(-c2c(-c3ccncc3)noc2-c2ccccn2)cc1. The smallest absolute Gasteiger partial charge is 0.193 e. The first-order chi connectivity index (χ1) is 11.8. The van der Waals surface area contributed by atoms with Gasteiger partial charge < -0.3 is 4.52 Å². The zero-order valence-electron chi connectivity index (χ0n) is 12.6. The van der Waals surface area contributed by atoms with E-state index in [1.165, 1.54) is 12.1 Å². The molecular formula is C19H12FN3O. The normalized spacial score (nSPS) is 10.7. The van der Waals surface area contributed by atoms with Gasteiger partial charge in [-0.25, -0.2) is 4.39 Å². The molecule has 3 aromatic heterocycles. The molecule has 0 atom stereocenters. The van der Waals surface area contributed by atoms with Crippen LogP contribution in [0.1, 0.15) is 0 Å². The Morgan fingerprint density at radius 3 is 2.29 bits per heavy atom. The van der Waals surface area contributed by atoms with Gasteiger partial charge in [0.05, 0.1) is 5.56 Å². The van der Waals surface area contributed by atoms with Crippen LogP contribution >= 0.6 is 0 Å². The predicted molar refractivity (Wildman–Crippen MR) is 88.4 cm³/mol. The van der Waals surface area contributed by atoms with E-state index in [1.54, 1.807) is 30.7 Å². The van der Waals surface area contributed by atoms with E-state index in [1.807, 2.05) is 30.3 Å². The summed E-state index contributed by atoms with van der Waals surface area (Å²) >= 11 is 0. The largest absolute Gasteiger partial charge is 0.353 e. The van der Waals surface area contributed by atoms with Crippen molar-refractivity contribution < 1.29 is 8.91 Å². The number of hydrogen-bond donors (Lipinski definition) is 0. The van der Waals surface area contributed by atoms with Gasteiger partial charge >= 0.3 is 0 Å². The number of aromatic nitrogens is 3. The van der Waals surface area contributed by atoms with Gasteiger partial charge in [-0.3, -0.25) is 9.97 Å². The number of halogens is 1. The van der Waals surface area contributed by atoms with Crippen molar-refractivity contribution in [3.05, 3.63) is 79.0 Å². The molecule has 0 radical (unpaired) electrons. The molecule has 4 aromatic rings. The number of benzene rings is 1. The van der Waals surface area contributed by atoms with Crippen LogP contribution in [0.15, 0.2) is 77.7 Å². The quantitative estimate of drug-likeness (QED) is 0.554. The number of rotatable bonds is 3. The average molecular weight is 317 g/mol. The molecule has 116 valence electrons. The molecule has 0 saturated carbocycles. The number of hydrogen-bond acceptors (Lipinski definition) is 4. The Bertz CT molecular complexity index is 894. The summed E-state index contributed by atoms with van der Waals surface area (Å²) in [4.78, 5) is 8.37. The summed E-state index contributed by atoms with van der Waals surface area (Å²) in [5, 5.41) is 4.23. The topological polar surface area (TPSA) is 51.8 Å². The zero-order valence-corrected chi connectivity index (χ0v) is 12.6. The molecule has 4 rings (SSSR count). The Morgan fingerprint density at radius 2 is 1.58 bits per heavy atom. The maximum absolute atomic E-state index is 13.3. The van der Waals surface area contributed by atoms with Gasteiger partial charge in [0.15, 0.2) is 5.76 Å². The molecule has 0 saturated heterocycles. The van der Waals surface area contributed by atoms with Crippen molar-refractivity contribution >= 4 is 0 Å². The Hall–Kier alpha value is -3.34. The Morgan fingerprint density at radius 1 is 0.792 bits per heavy atom. The van der Waals surface area contributed by atoms with Crippen molar-refractivity contribution in [2.75, 3.05) is 0 Å². The first-order valence-electron chi connectivity index (χ1n) is 7.40. The molecular weight excluding hydrogens is 305 g/mol. The molecule has 0 aliphatic rings. The van der Waals surface area contributed by atoms with Crippen LogP contribution in [0.2, 0.25) is 0 Å². The van der Waals surface area contributed by atoms with E-state index >= 15 is 0 Å². The Kier molecular flexibility index (Phi) is 3.59. The second-order valence-corrected chi connectivity index (χ2v) is 5.19. The number of nitrogens with zero attached hydrogens (tertiary/aromatic N) is 3. The molecule has 1 aromatic carbocycles. The summed E-state index contributed by atoms with van der Waals surface area (Å²) in [6, 6.07) is 15.5. The van der Waals surface area contributed by atoms with Crippen molar-refractivity contribution in [2.24, 2.45) is 0 Å². The van der Waals surface area contributed by atoms with Crippen LogP contribution in [-0.2, 0) is 0 Å². The first-order valence-corrected chi connectivity index (χ1v) is 7.40. The van der Waals surface area contributed by atoms with E-state index in [9.17, 15) is 4.39 Å². The van der Waals surface area contributed by atoms with Gasteiger partial charge in [-0.05, 0) is 42.0 Å². The highest BCUT2D eigenvalue weighted by molar-refractivity contribution is 5.89. The van der Waals surface area contributed by atoms with E-state index in [0.717, 1.165) is 16.7 Å². The molecule has 3 heterocycles. The summed E-state index contributed by atoms with van der Waals surface area (Å²) in [6.45, 7) is 0. The Balaban J connectivity index is 1.96. The van der Waals surface area contributed by atoms with Crippen LogP contribution in [-0.4, -0.2) is 15.1 Å². The average Bonchev–Trinajstić information content (AvgIpc) is 3.09. The van der Waals surface area contributed by atoms with Crippen LogP contribution < -0.4 is 0 Å². The van der Waals surface area contributed by atoms with Crippen molar-refractivity contribution in [3.8, 4) is 33.8 Å². The van der Waals surface area contributed by atoms with Crippen molar-refractivity contribution in [1.29, 1.82) is 0 Å². The lowest BCUT2D eigenvalue weighted by Crippen LogP contribution is -1.87. The summed E-state index contributed by atoms with van der Waals surface area (Å²) < 4.78 is 18.9. The van der Waals surface area contributed by atoms with E-state index in [2.05, 4.69) is 15.1 Å². The predicted octanol–water partition coefficient (Wildman–Crippen LogP) is 4.60. The highest BCUT2D eigenvalue weighted by Gasteiger charge is 2.21. The molecule has 0 spiro atoms. The van der Waals surface area contributed by atoms with E-state index < -0.39 is 0 Å². The molecule has 0 aliphatic heterocycles. The van der Waals surface area contributed by atoms with Gasteiger partial charge in [0.1, 0.15) is 17.2 Å². The lowest BCUT2D eigenvalue weighted by molar-refractivity contribution is 0.434. The van der Waals surface area contributed by atoms with Gasteiger partial charge in [-0.15, -0.1) is 0 Å². The maximum Gasteiger partial charge on any atom is 0.193 e. The zero-order chi connectivity index (χ0) is 16.4. The molecule has 0 N–H and O–H groups in total. The molecule has 0 unspecified atom stereocenters. The van der Waals surface area contributed by atoms with E-state index in [0.29, 0.717) is 17.1 Å². The minimum atomic E-state index is -0.292. The second-order valence-electron chi connectivity index (χ2n) is 5.19. The van der Waals surface area contributed by atoms with Crippen LogP contribution in [0.3, 0.4) is 0 Å². The molecule has 0 aliphatic carbocycles. The van der Waals surface area contributed by atoms with Crippen LogP contribution in [0.5, 0.6) is 0 Å². The second kappa shape index (κ2) is 6.04. The van der Waals surface area contributed by atoms with Crippen LogP contribution in [0.4, 0.5) is 4.39 Å². The van der Waals surface area contributed by atoms with Gasteiger partial charge in [0.2, 0.25) is 0 Å².